The fourth-order valence-electron chi connectivity index (χ4n) is 1.49. The summed E-state index contributed by atoms with van der Waals surface area (Å²) in [6.45, 7) is 0.710. The molecule has 0 fully saturated rings. The normalized spacial score (nSPS) is 9.92. The summed E-state index contributed by atoms with van der Waals surface area (Å²) < 4.78 is 0. The second-order valence-corrected chi connectivity index (χ2v) is 2.90. The van der Waals surface area contributed by atoms with Gasteiger partial charge in [-0.2, -0.15) is 0 Å². The molecule has 3 N–H and O–H groups in total. The molecule has 0 amide bonds. The van der Waals surface area contributed by atoms with Crippen LogP contribution in [0.15, 0.2) is 30.5 Å². The fourth-order valence-corrected chi connectivity index (χ4v) is 1.49. The quantitative estimate of drug-likeness (QED) is 0.613. The number of fused-ring (bicyclic) bond motifs is 1. The van der Waals surface area contributed by atoms with E-state index in [0.29, 0.717) is 6.54 Å². The molecule has 0 unspecified atom stereocenters. The van der Waals surface area contributed by atoms with Crippen LogP contribution in [0.5, 0.6) is 0 Å². The molecule has 0 saturated carbocycles. The van der Waals surface area contributed by atoms with Gasteiger partial charge < -0.3 is 23.1 Å². The Morgan fingerprint density at radius 3 is 2.77 bits per heavy atom. The van der Waals surface area contributed by atoms with E-state index in [1.54, 1.807) is 0 Å². The van der Waals surface area contributed by atoms with Gasteiger partial charge >= 0.3 is 0 Å². The zero-order valence-electron chi connectivity index (χ0n) is 7.26. The van der Waals surface area contributed by atoms with Crippen LogP contribution in [0.3, 0.4) is 0 Å². The number of nitrogens with two attached hydrogens (primary N) is 1. The highest BCUT2D eigenvalue weighted by molar-refractivity contribution is 5.82. The number of hydrogen-bond acceptors (Lipinski definition) is 1. The van der Waals surface area contributed by atoms with E-state index in [-0.39, 0.29) is 12.4 Å². The zero-order chi connectivity index (χ0) is 8.39. The van der Waals surface area contributed by atoms with Gasteiger partial charge in [0.15, 0.2) is 0 Å². The summed E-state index contributed by atoms with van der Waals surface area (Å²) in [4.78, 5) is 3.22. The second kappa shape index (κ2) is 4.30. The lowest BCUT2D eigenvalue weighted by Gasteiger charge is -1.93. The Kier molecular flexibility index (Phi) is 3.34. The first kappa shape index (κ1) is 10.1. The van der Waals surface area contributed by atoms with Crippen LogP contribution in [-0.4, -0.2) is 11.5 Å². The van der Waals surface area contributed by atoms with E-state index in [0.717, 1.165) is 6.42 Å². The molecule has 0 radical (unpaired) electrons. The average molecular weight is 196 g/mol. The van der Waals surface area contributed by atoms with Crippen LogP contribution in [-0.2, 0) is 6.42 Å². The first-order valence-corrected chi connectivity index (χ1v) is 4.17. The molecule has 2 rings (SSSR count). The molecule has 2 aromatic rings. The van der Waals surface area contributed by atoms with Crippen molar-refractivity contribution in [2.24, 2.45) is 5.73 Å². The molecule has 3 heteroatoms. The fraction of sp³-hybridized carbons (Fsp3) is 0.200. The molecule has 13 heavy (non-hydrogen) atoms. The van der Waals surface area contributed by atoms with E-state index in [2.05, 4.69) is 23.2 Å². The molecule has 0 spiro atoms. The molecular formula is C10H12ClN2-. The standard InChI is InChI=1S/C10H12N2.ClH/c11-6-5-8-7-12-10-4-2-1-3-9(8)10;/h1-4,7,12H,5-6,11H2;1H/p-1. The van der Waals surface area contributed by atoms with E-state index in [1.807, 2.05) is 12.3 Å². The Morgan fingerprint density at radius 2 is 2.00 bits per heavy atom. The van der Waals surface area contributed by atoms with Gasteiger partial charge in [-0.05, 0) is 24.6 Å². The van der Waals surface area contributed by atoms with Gasteiger partial charge in [0, 0.05) is 17.1 Å². The topological polar surface area (TPSA) is 41.8 Å². The third-order valence-electron chi connectivity index (χ3n) is 2.09. The highest BCUT2D eigenvalue weighted by Crippen LogP contribution is 2.17. The van der Waals surface area contributed by atoms with Crippen LogP contribution in [0.2, 0.25) is 0 Å². The molecule has 0 saturated heterocycles. The molecular weight excluding hydrogens is 184 g/mol. The average Bonchev–Trinajstić information content (AvgIpc) is 2.50. The Bertz CT molecular complexity index is 381. The van der Waals surface area contributed by atoms with E-state index < -0.39 is 0 Å². The van der Waals surface area contributed by atoms with Gasteiger partial charge in [-0.25, -0.2) is 0 Å². The lowest BCUT2D eigenvalue weighted by molar-refractivity contribution is -0.00000254. The zero-order valence-corrected chi connectivity index (χ0v) is 8.01. The van der Waals surface area contributed by atoms with Crippen molar-refractivity contribution in [3.8, 4) is 0 Å². The largest absolute Gasteiger partial charge is 1.00 e. The van der Waals surface area contributed by atoms with Crippen molar-refractivity contribution in [3.05, 3.63) is 36.0 Å². The lowest BCUT2D eigenvalue weighted by atomic mass is 10.1. The Hall–Kier alpha value is -0.990. The smallest absolute Gasteiger partial charge is 0.0456 e. The van der Waals surface area contributed by atoms with E-state index in [9.17, 15) is 0 Å². The van der Waals surface area contributed by atoms with E-state index >= 15 is 0 Å². The highest BCUT2D eigenvalue weighted by Gasteiger charge is 1.99. The van der Waals surface area contributed by atoms with Crippen molar-refractivity contribution in [3.63, 3.8) is 0 Å². The third kappa shape index (κ3) is 1.85. The summed E-state index contributed by atoms with van der Waals surface area (Å²) in [5.41, 5.74) is 8.01. The van der Waals surface area contributed by atoms with Crippen molar-refractivity contribution in [2.75, 3.05) is 6.54 Å². The minimum absolute atomic E-state index is 0. The van der Waals surface area contributed by atoms with Crippen molar-refractivity contribution in [1.29, 1.82) is 0 Å². The Balaban J connectivity index is 0.000000845. The van der Waals surface area contributed by atoms with Gasteiger partial charge in [0.2, 0.25) is 0 Å². The van der Waals surface area contributed by atoms with Crippen LogP contribution in [0.1, 0.15) is 5.56 Å². The maximum absolute atomic E-state index is 5.50. The summed E-state index contributed by atoms with van der Waals surface area (Å²) in [6.07, 6.45) is 2.99. The lowest BCUT2D eigenvalue weighted by Crippen LogP contribution is -3.00. The van der Waals surface area contributed by atoms with Crippen LogP contribution < -0.4 is 18.1 Å². The Morgan fingerprint density at radius 1 is 1.23 bits per heavy atom. The molecule has 1 aromatic carbocycles. The number of aromatic amines is 1. The number of halogens is 1. The maximum atomic E-state index is 5.50. The summed E-state index contributed by atoms with van der Waals surface area (Å²) in [5, 5.41) is 1.29. The highest BCUT2D eigenvalue weighted by atomic mass is 35.5. The van der Waals surface area contributed by atoms with Gasteiger partial charge in [0.25, 0.3) is 0 Å². The minimum atomic E-state index is 0. The number of hydrogen-bond donors (Lipinski definition) is 2. The van der Waals surface area contributed by atoms with Gasteiger partial charge in [0.1, 0.15) is 0 Å². The number of benzene rings is 1. The number of rotatable bonds is 2. The summed E-state index contributed by atoms with van der Waals surface area (Å²) >= 11 is 0. The minimum Gasteiger partial charge on any atom is -1.00 e. The summed E-state index contributed by atoms with van der Waals surface area (Å²) in [7, 11) is 0. The SMILES string of the molecule is NCCc1c[nH]c2ccccc12.[Cl-]. The van der Waals surface area contributed by atoms with Crippen LogP contribution in [0.25, 0.3) is 10.9 Å². The second-order valence-electron chi connectivity index (χ2n) is 2.90. The number of nitrogens with one attached hydrogen (secondary N) is 1. The molecule has 0 atom stereocenters. The monoisotopic (exact) mass is 195 g/mol. The molecule has 0 aliphatic rings. The van der Waals surface area contributed by atoms with Crippen LogP contribution in [0.4, 0.5) is 0 Å². The number of para-hydroxylation sites is 1. The van der Waals surface area contributed by atoms with Crippen molar-refractivity contribution in [1.82, 2.24) is 4.98 Å². The van der Waals surface area contributed by atoms with E-state index in [1.165, 1.54) is 16.5 Å². The van der Waals surface area contributed by atoms with Crippen LogP contribution >= 0.6 is 0 Å². The van der Waals surface area contributed by atoms with Crippen molar-refractivity contribution in [2.45, 2.75) is 6.42 Å². The maximum Gasteiger partial charge on any atom is 0.0456 e. The Labute approximate surface area is 83.5 Å². The molecule has 0 bridgehead atoms. The molecule has 1 heterocycles. The summed E-state index contributed by atoms with van der Waals surface area (Å²) in [5.74, 6) is 0. The molecule has 1 aromatic heterocycles. The molecule has 2 nitrogen and oxygen atoms in total. The number of aromatic nitrogens is 1. The first-order chi connectivity index (χ1) is 5.92. The van der Waals surface area contributed by atoms with E-state index in [4.69, 9.17) is 5.73 Å². The van der Waals surface area contributed by atoms with Crippen molar-refractivity contribution >= 4 is 10.9 Å². The van der Waals surface area contributed by atoms with Gasteiger partial charge in [-0.15, -0.1) is 0 Å². The first-order valence-electron chi connectivity index (χ1n) is 4.17. The molecule has 0 aliphatic heterocycles. The predicted molar refractivity (Wildman–Crippen MR) is 51.1 cm³/mol. The molecule has 70 valence electrons. The summed E-state index contributed by atoms with van der Waals surface area (Å²) in [6, 6.07) is 8.29. The number of H-pyrrole nitrogens is 1. The van der Waals surface area contributed by atoms with Crippen LogP contribution in [0, 0.1) is 0 Å². The van der Waals surface area contributed by atoms with Gasteiger partial charge in [0.05, 0.1) is 0 Å². The third-order valence-corrected chi connectivity index (χ3v) is 2.09. The molecule has 0 aliphatic carbocycles. The predicted octanol–water partition coefficient (Wildman–Crippen LogP) is -1.33. The van der Waals surface area contributed by atoms with Gasteiger partial charge in [-0.1, -0.05) is 18.2 Å². The van der Waals surface area contributed by atoms with Gasteiger partial charge in [-0.3, -0.25) is 0 Å². The van der Waals surface area contributed by atoms with Crippen molar-refractivity contribution < 1.29 is 12.4 Å².